The maximum absolute atomic E-state index is 12.0. The van der Waals surface area contributed by atoms with Crippen LogP contribution in [-0.4, -0.2) is 22.8 Å². The molecule has 0 aliphatic rings. The second-order valence-electron chi connectivity index (χ2n) is 5.03. The van der Waals surface area contributed by atoms with Crippen molar-refractivity contribution in [3.05, 3.63) is 39.9 Å². The molecule has 1 atom stereocenters. The van der Waals surface area contributed by atoms with Crippen LogP contribution in [-0.2, 0) is 16.0 Å². The highest BCUT2D eigenvalue weighted by atomic mass is 16.6. The van der Waals surface area contributed by atoms with Gasteiger partial charge in [-0.05, 0) is 24.8 Å². The molecule has 0 radical (unpaired) electrons. The molecule has 0 spiro atoms. The van der Waals surface area contributed by atoms with Gasteiger partial charge in [0.15, 0.2) is 0 Å². The first-order valence-corrected chi connectivity index (χ1v) is 7.13. The average Bonchev–Trinajstić information content (AvgIpc) is 2.50. The number of amides is 2. The summed E-state index contributed by atoms with van der Waals surface area (Å²) in [6.07, 6.45) is 1.88. The Kier molecular flexibility index (Phi) is 7.20. The number of hydrogen-bond acceptors (Lipinski definition) is 5. The van der Waals surface area contributed by atoms with E-state index in [9.17, 15) is 19.7 Å². The zero-order valence-corrected chi connectivity index (χ0v) is 12.5. The molecule has 23 heavy (non-hydrogen) atoms. The summed E-state index contributed by atoms with van der Waals surface area (Å²) in [5, 5.41) is 21.7. The molecule has 0 aromatic heterocycles. The van der Waals surface area contributed by atoms with Gasteiger partial charge in [-0.15, -0.1) is 0 Å². The summed E-state index contributed by atoms with van der Waals surface area (Å²) in [6.45, 7) is 0. The molecule has 0 unspecified atom stereocenters. The van der Waals surface area contributed by atoms with Gasteiger partial charge >= 0.3 is 0 Å². The van der Waals surface area contributed by atoms with Crippen LogP contribution in [0.5, 0.6) is 0 Å². The number of benzene rings is 1. The summed E-state index contributed by atoms with van der Waals surface area (Å²) >= 11 is 0. The summed E-state index contributed by atoms with van der Waals surface area (Å²) in [6, 6.07) is 6.93. The minimum atomic E-state index is -0.806. The van der Waals surface area contributed by atoms with Crippen LogP contribution in [0.2, 0.25) is 0 Å². The number of unbranched alkanes of at least 4 members (excludes halogenated alkanes) is 2. The number of carbonyl (C=O) groups is 2. The van der Waals surface area contributed by atoms with Crippen molar-refractivity contribution < 1.29 is 14.5 Å². The Balaban J connectivity index is 2.58. The number of non-ortho nitro benzene ring substituents is 1. The minimum absolute atomic E-state index is 0.0797. The van der Waals surface area contributed by atoms with E-state index < -0.39 is 22.8 Å². The molecule has 0 aliphatic heterocycles. The van der Waals surface area contributed by atoms with Crippen LogP contribution in [0.25, 0.3) is 0 Å². The number of nitro benzene ring substituents is 1. The predicted octanol–water partition coefficient (Wildman–Crippen LogP) is 1.19. The largest absolute Gasteiger partial charge is 0.368 e. The lowest BCUT2D eigenvalue weighted by Gasteiger charge is -2.15. The van der Waals surface area contributed by atoms with E-state index in [1.807, 2.05) is 6.07 Å². The van der Waals surface area contributed by atoms with E-state index in [-0.39, 0.29) is 12.1 Å². The molecule has 122 valence electrons. The number of nitrogens with one attached hydrogen (secondary N) is 1. The second kappa shape index (κ2) is 9.15. The topological polar surface area (TPSA) is 139 Å². The van der Waals surface area contributed by atoms with Crippen molar-refractivity contribution in [2.75, 3.05) is 0 Å². The number of nitrogens with zero attached hydrogens (tertiary/aromatic N) is 2. The van der Waals surface area contributed by atoms with Gasteiger partial charge in [0.1, 0.15) is 6.04 Å². The van der Waals surface area contributed by atoms with Crippen LogP contribution < -0.4 is 11.1 Å². The van der Waals surface area contributed by atoms with Gasteiger partial charge < -0.3 is 11.1 Å². The molecule has 0 heterocycles. The van der Waals surface area contributed by atoms with E-state index in [4.69, 9.17) is 11.0 Å². The van der Waals surface area contributed by atoms with Gasteiger partial charge in [0.2, 0.25) is 11.8 Å². The van der Waals surface area contributed by atoms with E-state index in [0.717, 1.165) is 0 Å². The third-order valence-corrected chi connectivity index (χ3v) is 3.20. The first kappa shape index (κ1) is 18.1. The Hall–Kier alpha value is -2.95. The summed E-state index contributed by atoms with van der Waals surface area (Å²) in [5.74, 6) is -1.08. The molecule has 0 saturated heterocycles. The number of primary amides is 1. The van der Waals surface area contributed by atoms with Crippen LogP contribution in [0, 0.1) is 21.4 Å². The molecule has 0 saturated carbocycles. The molecule has 1 aromatic rings. The average molecular weight is 318 g/mol. The van der Waals surface area contributed by atoms with Crippen molar-refractivity contribution in [3.8, 4) is 6.07 Å². The van der Waals surface area contributed by atoms with E-state index in [1.165, 1.54) is 18.2 Å². The molecule has 1 rings (SSSR count). The summed E-state index contributed by atoms with van der Waals surface area (Å²) in [7, 11) is 0. The van der Waals surface area contributed by atoms with E-state index in [0.29, 0.717) is 31.2 Å². The molecule has 0 bridgehead atoms. The predicted molar refractivity (Wildman–Crippen MR) is 82.0 cm³/mol. The van der Waals surface area contributed by atoms with Crippen molar-refractivity contribution in [2.24, 2.45) is 5.73 Å². The van der Waals surface area contributed by atoms with Gasteiger partial charge in [-0.3, -0.25) is 19.7 Å². The lowest BCUT2D eigenvalue weighted by atomic mass is 10.1. The van der Waals surface area contributed by atoms with Crippen molar-refractivity contribution >= 4 is 17.5 Å². The molecule has 1 aromatic carbocycles. The smallest absolute Gasteiger partial charge is 0.269 e. The van der Waals surface area contributed by atoms with Crippen LogP contribution in [0.4, 0.5) is 5.69 Å². The van der Waals surface area contributed by atoms with Gasteiger partial charge in [0.25, 0.3) is 5.69 Å². The quantitative estimate of drug-likeness (QED) is 0.400. The minimum Gasteiger partial charge on any atom is -0.368 e. The summed E-state index contributed by atoms with van der Waals surface area (Å²) in [5.41, 5.74) is 5.63. The van der Waals surface area contributed by atoms with Crippen molar-refractivity contribution in [1.29, 1.82) is 5.26 Å². The summed E-state index contributed by atoms with van der Waals surface area (Å²) < 4.78 is 0. The molecule has 0 fully saturated rings. The third kappa shape index (κ3) is 6.56. The highest BCUT2D eigenvalue weighted by molar-refractivity contribution is 5.87. The number of carbonyl (C=O) groups excluding carboxylic acids is 2. The van der Waals surface area contributed by atoms with Crippen LogP contribution in [0.3, 0.4) is 0 Å². The molecule has 8 heteroatoms. The maximum Gasteiger partial charge on any atom is 0.269 e. The fraction of sp³-hybridized carbons (Fsp3) is 0.400. The third-order valence-electron chi connectivity index (χ3n) is 3.20. The molecule has 0 aliphatic carbocycles. The fourth-order valence-corrected chi connectivity index (χ4v) is 2.05. The highest BCUT2D eigenvalue weighted by Crippen LogP contribution is 2.13. The van der Waals surface area contributed by atoms with Crippen molar-refractivity contribution in [3.63, 3.8) is 0 Å². The molecular formula is C15H18N4O4. The monoisotopic (exact) mass is 318 g/mol. The van der Waals surface area contributed by atoms with Gasteiger partial charge in [0, 0.05) is 18.6 Å². The van der Waals surface area contributed by atoms with Gasteiger partial charge in [0.05, 0.1) is 17.4 Å². The fourth-order valence-electron chi connectivity index (χ4n) is 2.05. The van der Waals surface area contributed by atoms with Crippen LogP contribution in [0.15, 0.2) is 24.3 Å². The van der Waals surface area contributed by atoms with E-state index in [2.05, 4.69) is 5.32 Å². The van der Waals surface area contributed by atoms with Gasteiger partial charge in [-0.25, -0.2) is 0 Å². The zero-order valence-electron chi connectivity index (χ0n) is 12.5. The number of nitro groups is 1. The number of hydrogen-bond donors (Lipinski definition) is 2. The number of nitriles is 1. The lowest BCUT2D eigenvalue weighted by molar-refractivity contribution is -0.384. The van der Waals surface area contributed by atoms with E-state index >= 15 is 0 Å². The van der Waals surface area contributed by atoms with Crippen LogP contribution in [0.1, 0.15) is 31.2 Å². The maximum atomic E-state index is 12.0. The number of rotatable bonds is 9. The summed E-state index contributed by atoms with van der Waals surface area (Å²) in [4.78, 5) is 33.5. The Labute approximate surface area is 133 Å². The molecule has 2 amide bonds. The molecule has 8 nitrogen and oxygen atoms in total. The zero-order chi connectivity index (χ0) is 17.2. The SMILES string of the molecule is N#CCCCC[C@@H](NC(=O)Cc1cccc([N+](=O)[O-])c1)C(N)=O. The van der Waals surface area contributed by atoms with Crippen molar-refractivity contribution in [2.45, 2.75) is 38.1 Å². The normalized spacial score (nSPS) is 11.3. The van der Waals surface area contributed by atoms with Gasteiger partial charge in [-0.1, -0.05) is 12.1 Å². The Morgan fingerprint density at radius 3 is 2.74 bits per heavy atom. The van der Waals surface area contributed by atoms with Crippen molar-refractivity contribution in [1.82, 2.24) is 5.32 Å². The van der Waals surface area contributed by atoms with E-state index in [1.54, 1.807) is 6.07 Å². The Morgan fingerprint density at radius 1 is 1.39 bits per heavy atom. The Morgan fingerprint density at radius 2 is 2.13 bits per heavy atom. The first-order valence-electron chi connectivity index (χ1n) is 7.13. The lowest BCUT2D eigenvalue weighted by Crippen LogP contribution is -2.44. The van der Waals surface area contributed by atoms with Crippen LogP contribution >= 0.6 is 0 Å². The molecular weight excluding hydrogens is 300 g/mol. The molecule has 3 N–H and O–H groups in total. The van der Waals surface area contributed by atoms with Gasteiger partial charge in [-0.2, -0.15) is 5.26 Å². The Bertz CT molecular complexity index is 624. The first-order chi connectivity index (χ1) is 10.9. The second-order valence-corrected chi connectivity index (χ2v) is 5.03. The standard InChI is InChI=1S/C15H18N4O4/c16-8-3-1-2-7-13(15(17)21)18-14(20)10-11-5-4-6-12(9-11)19(22)23/h4-6,9,13H,1-3,7,10H2,(H2,17,21)(H,18,20)/t13-/m1/s1. The highest BCUT2D eigenvalue weighted by Gasteiger charge is 2.18. The number of nitrogens with two attached hydrogens (primary N) is 1.